The fraction of sp³-hybridized carbons (Fsp3) is 0.0323. The molecule has 0 amide bonds. The van der Waals surface area contributed by atoms with Gasteiger partial charge in [-0.05, 0) is 53.6 Å². The summed E-state index contributed by atoms with van der Waals surface area (Å²) in [5, 5.41) is 13.6. The van der Waals surface area contributed by atoms with Crippen LogP contribution in [0.2, 0.25) is 0 Å². The van der Waals surface area contributed by atoms with Gasteiger partial charge in [-0.3, -0.25) is 4.99 Å². The highest BCUT2D eigenvalue weighted by atomic mass is 16.3. The van der Waals surface area contributed by atoms with E-state index >= 15 is 0 Å². The SMILES string of the molecule is CN=Cc1nc(C#N)c2c(n1)oc1ccc(-c3ccc4c(c3)c3ccccc3n4-c3ccccc3)cc12. The zero-order valence-corrected chi connectivity index (χ0v) is 19.9. The van der Waals surface area contributed by atoms with Crippen LogP contribution in [0.25, 0.3) is 60.7 Å². The lowest BCUT2D eigenvalue weighted by Crippen LogP contribution is -1.96. The standard InChI is InChI=1S/C31H19N5O/c1-33-18-29-34-25(17-32)30-24-16-20(12-14-28(24)37-31(30)35-29)19-11-13-27-23(15-19)22-9-5-6-10-26(22)36(27)21-7-3-2-4-8-21/h2-16,18H,1H3. The third kappa shape index (κ3) is 3.22. The number of hydrogen-bond acceptors (Lipinski definition) is 5. The molecule has 0 fully saturated rings. The summed E-state index contributed by atoms with van der Waals surface area (Å²) >= 11 is 0. The molecule has 37 heavy (non-hydrogen) atoms. The number of nitriles is 1. The third-order valence-electron chi connectivity index (χ3n) is 6.72. The van der Waals surface area contributed by atoms with Crippen LogP contribution in [0.5, 0.6) is 0 Å². The number of aromatic nitrogens is 3. The Labute approximate surface area is 211 Å². The summed E-state index contributed by atoms with van der Waals surface area (Å²) in [7, 11) is 1.64. The van der Waals surface area contributed by atoms with E-state index in [1.54, 1.807) is 7.05 Å². The Balaban J connectivity index is 1.45. The van der Waals surface area contributed by atoms with Crippen molar-refractivity contribution in [3.63, 3.8) is 0 Å². The summed E-state index contributed by atoms with van der Waals surface area (Å²) in [5.74, 6) is 0.353. The fourth-order valence-corrected chi connectivity index (χ4v) is 5.13. The molecule has 7 aromatic rings. The monoisotopic (exact) mass is 477 g/mol. The van der Waals surface area contributed by atoms with Crippen molar-refractivity contribution in [1.29, 1.82) is 5.26 Å². The Kier molecular flexibility index (Phi) is 4.63. The Morgan fingerprint density at radius 2 is 1.54 bits per heavy atom. The van der Waals surface area contributed by atoms with Gasteiger partial charge in [0, 0.05) is 28.9 Å². The maximum atomic E-state index is 9.78. The molecule has 0 aliphatic heterocycles. The van der Waals surface area contributed by atoms with Gasteiger partial charge < -0.3 is 8.98 Å². The van der Waals surface area contributed by atoms with Crippen molar-refractivity contribution in [2.45, 2.75) is 0 Å². The van der Waals surface area contributed by atoms with E-state index in [4.69, 9.17) is 4.42 Å². The minimum Gasteiger partial charge on any atom is -0.438 e. The van der Waals surface area contributed by atoms with Gasteiger partial charge in [0.1, 0.15) is 11.7 Å². The van der Waals surface area contributed by atoms with E-state index in [1.165, 1.54) is 22.5 Å². The molecular weight excluding hydrogens is 458 g/mol. The maximum Gasteiger partial charge on any atom is 0.232 e. The van der Waals surface area contributed by atoms with Crippen LogP contribution in [-0.4, -0.2) is 27.8 Å². The summed E-state index contributed by atoms with van der Waals surface area (Å²) in [6.07, 6.45) is 1.51. The molecule has 7 rings (SSSR count). The first-order valence-corrected chi connectivity index (χ1v) is 11.9. The highest BCUT2D eigenvalue weighted by Gasteiger charge is 2.17. The van der Waals surface area contributed by atoms with E-state index in [-0.39, 0.29) is 5.69 Å². The number of rotatable bonds is 3. The quantitative estimate of drug-likeness (QED) is 0.255. The van der Waals surface area contributed by atoms with Gasteiger partial charge in [0.05, 0.1) is 22.6 Å². The van der Waals surface area contributed by atoms with E-state index in [2.05, 4.69) is 98.4 Å². The lowest BCUT2D eigenvalue weighted by Gasteiger charge is -2.08. The molecule has 0 saturated carbocycles. The highest BCUT2D eigenvalue weighted by molar-refractivity contribution is 6.11. The van der Waals surface area contributed by atoms with E-state index in [9.17, 15) is 5.26 Å². The minimum absolute atomic E-state index is 0.275. The molecule has 0 aliphatic rings. The molecule has 174 valence electrons. The van der Waals surface area contributed by atoms with Crippen molar-refractivity contribution >= 4 is 50.1 Å². The van der Waals surface area contributed by atoms with Crippen LogP contribution in [0, 0.1) is 11.3 Å². The molecule has 0 saturated heterocycles. The molecule has 3 heterocycles. The van der Waals surface area contributed by atoms with Gasteiger partial charge >= 0.3 is 0 Å². The van der Waals surface area contributed by atoms with Crippen molar-refractivity contribution < 1.29 is 4.42 Å². The summed E-state index contributed by atoms with van der Waals surface area (Å²) in [6, 6.07) is 33.7. The number of para-hydroxylation sites is 2. The second-order valence-electron chi connectivity index (χ2n) is 8.84. The topological polar surface area (TPSA) is 80.0 Å². The van der Waals surface area contributed by atoms with Crippen molar-refractivity contribution in [3.05, 3.63) is 103 Å². The van der Waals surface area contributed by atoms with Crippen molar-refractivity contribution in [2.24, 2.45) is 4.99 Å². The Bertz CT molecular complexity index is 2060. The molecule has 0 atom stereocenters. The first-order chi connectivity index (χ1) is 18.2. The Morgan fingerprint density at radius 1 is 0.811 bits per heavy atom. The van der Waals surface area contributed by atoms with Crippen LogP contribution < -0.4 is 0 Å². The van der Waals surface area contributed by atoms with Crippen LogP contribution in [0.15, 0.2) is 100 Å². The second kappa shape index (κ2) is 8.14. The minimum atomic E-state index is 0.275. The number of furan rings is 1. The molecule has 3 aromatic heterocycles. The molecular formula is C31H19N5O. The zero-order chi connectivity index (χ0) is 24.9. The first-order valence-electron chi connectivity index (χ1n) is 11.9. The van der Waals surface area contributed by atoms with Crippen LogP contribution in [-0.2, 0) is 0 Å². The van der Waals surface area contributed by atoms with Gasteiger partial charge in [-0.1, -0.05) is 48.5 Å². The van der Waals surface area contributed by atoms with Crippen LogP contribution in [0.4, 0.5) is 0 Å². The predicted molar refractivity (Wildman–Crippen MR) is 147 cm³/mol. The number of nitrogens with zero attached hydrogens (tertiary/aromatic N) is 5. The molecule has 6 heteroatoms. The molecule has 0 radical (unpaired) electrons. The Morgan fingerprint density at radius 3 is 2.35 bits per heavy atom. The Hall–Kier alpha value is -5.28. The molecule has 0 bridgehead atoms. The van der Waals surface area contributed by atoms with E-state index < -0.39 is 0 Å². The van der Waals surface area contributed by atoms with Crippen molar-refractivity contribution in [2.75, 3.05) is 7.05 Å². The lowest BCUT2D eigenvalue weighted by atomic mass is 10.0. The molecule has 4 aromatic carbocycles. The smallest absolute Gasteiger partial charge is 0.232 e. The van der Waals surface area contributed by atoms with Crippen LogP contribution in [0.3, 0.4) is 0 Å². The van der Waals surface area contributed by atoms with E-state index in [0.29, 0.717) is 22.5 Å². The highest BCUT2D eigenvalue weighted by Crippen LogP contribution is 2.37. The third-order valence-corrected chi connectivity index (χ3v) is 6.72. The maximum absolute atomic E-state index is 9.78. The summed E-state index contributed by atoms with van der Waals surface area (Å²) in [6.45, 7) is 0. The molecule has 0 spiro atoms. The number of hydrogen-bond donors (Lipinski definition) is 0. The normalized spacial score (nSPS) is 11.8. The number of aliphatic imine (C=N–C) groups is 1. The van der Waals surface area contributed by atoms with Crippen LogP contribution in [0.1, 0.15) is 11.5 Å². The van der Waals surface area contributed by atoms with E-state index in [1.807, 2.05) is 18.2 Å². The molecule has 6 nitrogen and oxygen atoms in total. The van der Waals surface area contributed by atoms with Crippen molar-refractivity contribution in [3.8, 4) is 22.9 Å². The van der Waals surface area contributed by atoms with Gasteiger partial charge in [0.2, 0.25) is 5.71 Å². The van der Waals surface area contributed by atoms with Gasteiger partial charge in [0.15, 0.2) is 11.5 Å². The van der Waals surface area contributed by atoms with Gasteiger partial charge in [-0.15, -0.1) is 0 Å². The van der Waals surface area contributed by atoms with Gasteiger partial charge in [-0.25, -0.2) is 4.98 Å². The summed E-state index contributed by atoms with van der Waals surface area (Å²) in [4.78, 5) is 12.8. The molecule has 0 aliphatic carbocycles. The predicted octanol–water partition coefficient (Wildman–Crippen LogP) is 7.06. The number of fused-ring (bicyclic) bond motifs is 6. The van der Waals surface area contributed by atoms with Crippen molar-refractivity contribution in [1.82, 2.24) is 14.5 Å². The largest absolute Gasteiger partial charge is 0.438 e. The molecule has 0 unspecified atom stereocenters. The summed E-state index contributed by atoms with van der Waals surface area (Å²) in [5.41, 5.74) is 6.87. The van der Waals surface area contributed by atoms with Crippen LogP contribution >= 0.6 is 0 Å². The second-order valence-corrected chi connectivity index (χ2v) is 8.84. The lowest BCUT2D eigenvalue weighted by molar-refractivity contribution is 0.652. The fourth-order valence-electron chi connectivity index (χ4n) is 5.13. The first kappa shape index (κ1) is 21.0. The number of benzene rings is 4. The average Bonchev–Trinajstić information content (AvgIpc) is 3.48. The molecule has 0 N–H and O–H groups in total. The van der Waals surface area contributed by atoms with Gasteiger partial charge in [-0.2, -0.15) is 10.2 Å². The summed E-state index contributed by atoms with van der Waals surface area (Å²) < 4.78 is 8.29. The average molecular weight is 478 g/mol. The van der Waals surface area contributed by atoms with E-state index in [0.717, 1.165) is 27.7 Å². The zero-order valence-electron chi connectivity index (χ0n) is 19.9. The van der Waals surface area contributed by atoms with Gasteiger partial charge in [0.25, 0.3) is 0 Å².